The first-order valence-electron chi connectivity index (χ1n) is 8.26. The Labute approximate surface area is 126 Å². The molecule has 3 rings (SSSR count). The lowest BCUT2D eigenvalue weighted by molar-refractivity contribution is -0.144. The van der Waals surface area contributed by atoms with Crippen LogP contribution in [0.1, 0.15) is 55.6 Å². The van der Waals surface area contributed by atoms with Gasteiger partial charge in [-0.2, -0.15) is 0 Å². The molecule has 2 aliphatic carbocycles. The van der Waals surface area contributed by atoms with Crippen molar-refractivity contribution in [2.45, 2.75) is 51.0 Å². The van der Waals surface area contributed by atoms with Gasteiger partial charge in [0.1, 0.15) is 0 Å². The van der Waals surface area contributed by atoms with Crippen molar-refractivity contribution in [2.75, 3.05) is 6.54 Å². The van der Waals surface area contributed by atoms with Gasteiger partial charge < -0.3 is 10.4 Å². The predicted molar refractivity (Wildman–Crippen MR) is 83.2 cm³/mol. The Balaban J connectivity index is 1.47. The first-order chi connectivity index (χ1) is 10.2. The van der Waals surface area contributed by atoms with Gasteiger partial charge in [0.15, 0.2) is 0 Å². The maximum Gasteiger partial charge on any atom is 0.306 e. The number of nitrogens with one attached hydrogen (secondary N) is 1. The lowest BCUT2D eigenvalue weighted by atomic mass is 9.79. The predicted octanol–water partition coefficient (Wildman–Crippen LogP) is 3.54. The van der Waals surface area contributed by atoms with Gasteiger partial charge in [-0.3, -0.25) is 4.79 Å². The molecule has 0 saturated heterocycles. The van der Waals surface area contributed by atoms with Crippen LogP contribution in [0.3, 0.4) is 0 Å². The summed E-state index contributed by atoms with van der Waals surface area (Å²) >= 11 is 0. The summed E-state index contributed by atoms with van der Waals surface area (Å²) in [7, 11) is 0. The molecule has 1 aromatic carbocycles. The number of benzene rings is 1. The molecule has 0 radical (unpaired) electrons. The smallest absolute Gasteiger partial charge is 0.306 e. The number of aliphatic carboxylic acids is 1. The van der Waals surface area contributed by atoms with E-state index in [1.54, 1.807) is 0 Å². The summed E-state index contributed by atoms with van der Waals surface area (Å²) in [5, 5.41) is 12.7. The van der Waals surface area contributed by atoms with Gasteiger partial charge in [-0.15, -0.1) is 0 Å². The highest BCUT2D eigenvalue weighted by Crippen LogP contribution is 2.39. The minimum atomic E-state index is -0.615. The van der Waals surface area contributed by atoms with E-state index in [0.717, 1.165) is 38.3 Å². The third-order valence-electron chi connectivity index (χ3n) is 4.99. The van der Waals surface area contributed by atoms with E-state index in [0.29, 0.717) is 5.92 Å². The van der Waals surface area contributed by atoms with Crippen LogP contribution >= 0.6 is 0 Å². The average molecular weight is 287 g/mol. The first kappa shape index (κ1) is 14.6. The Hall–Kier alpha value is -1.35. The van der Waals surface area contributed by atoms with Crippen molar-refractivity contribution in [3.05, 3.63) is 35.4 Å². The summed E-state index contributed by atoms with van der Waals surface area (Å²) in [5.41, 5.74) is 2.76. The van der Waals surface area contributed by atoms with Crippen LogP contribution < -0.4 is 5.32 Å². The number of carbonyl (C=O) groups is 1. The second-order valence-corrected chi connectivity index (χ2v) is 6.64. The van der Waals surface area contributed by atoms with Crippen molar-refractivity contribution < 1.29 is 9.90 Å². The molecule has 2 saturated carbocycles. The Bertz CT molecular complexity index is 478. The largest absolute Gasteiger partial charge is 0.481 e. The van der Waals surface area contributed by atoms with E-state index in [2.05, 4.69) is 29.6 Å². The molecular weight excluding hydrogens is 262 g/mol. The molecule has 2 atom stereocenters. The van der Waals surface area contributed by atoms with Crippen molar-refractivity contribution in [1.82, 2.24) is 5.32 Å². The molecule has 2 aliphatic rings. The maximum atomic E-state index is 11.3. The molecule has 114 valence electrons. The van der Waals surface area contributed by atoms with Crippen molar-refractivity contribution >= 4 is 5.97 Å². The summed E-state index contributed by atoms with van der Waals surface area (Å²) in [6.07, 6.45) is 6.82. The fourth-order valence-corrected chi connectivity index (χ4v) is 3.50. The van der Waals surface area contributed by atoms with Crippen LogP contribution in [-0.4, -0.2) is 17.6 Å². The summed E-state index contributed by atoms with van der Waals surface area (Å²) in [4.78, 5) is 11.3. The second kappa shape index (κ2) is 6.61. The third-order valence-corrected chi connectivity index (χ3v) is 4.99. The molecule has 0 heterocycles. The standard InChI is InChI=1S/C18H25NO2/c20-18(21)17-4-2-1-3-16(17)12-19-11-13-5-7-14(8-6-13)15-9-10-15/h5-8,15-17,19H,1-4,9-12H2,(H,20,21). The van der Waals surface area contributed by atoms with E-state index in [-0.39, 0.29) is 5.92 Å². The van der Waals surface area contributed by atoms with E-state index in [1.807, 2.05) is 0 Å². The minimum absolute atomic E-state index is 0.150. The number of hydrogen-bond acceptors (Lipinski definition) is 2. The summed E-state index contributed by atoms with van der Waals surface area (Å²) in [6, 6.07) is 8.90. The van der Waals surface area contributed by atoms with Gasteiger partial charge in [0, 0.05) is 6.54 Å². The molecule has 2 unspecified atom stereocenters. The number of carboxylic acid groups (broad SMARTS) is 1. The lowest BCUT2D eigenvalue weighted by Gasteiger charge is -2.28. The molecule has 0 aromatic heterocycles. The van der Waals surface area contributed by atoms with Gasteiger partial charge in [0.2, 0.25) is 0 Å². The summed E-state index contributed by atoms with van der Waals surface area (Å²) in [6.45, 7) is 1.66. The van der Waals surface area contributed by atoms with Crippen LogP contribution in [0.4, 0.5) is 0 Å². The Kier molecular flexibility index (Phi) is 4.59. The monoisotopic (exact) mass is 287 g/mol. The maximum absolute atomic E-state index is 11.3. The zero-order valence-electron chi connectivity index (χ0n) is 12.6. The molecule has 0 spiro atoms. The Morgan fingerprint density at radius 3 is 2.48 bits per heavy atom. The van der Waals surface area contributed by atoms with Crippen molar-refractivity contribution in [3.8, 4) is 0 Å². The first-order valence-corrected chi connectivity index (χ1v) is 8.26. The Morgan fingerprint density at radius 2 is 1.81 bits per heavy atom. The molecule has 2 N–H and O–H groups in total. The van der Waals surface area contributed by atoms with Gasteiger partial charge in [0.05, 0.1) is 5.92 Å². The molecule has 0 amide bonds. The van der Waals surface area contributed by atoms with Crippen molar-refractivity contribution in [3.63, 3.8) is 0 Å². The van der Waals surface area contributed by atoms with Crippen LogP contribution in [0.5, 0.6) is 0 Å². The van der Waals surface area contributed by atoms with Crippen LogP contribution in [-0.2, 0) is 11.3 Å². The molecule has 0 bridgehead atoms. The zero-order chi connectivity index (χ0) is 14.7. The van der Waals surface area contributed by atoms with Gasteiger partial charge in [0.25, 0.3) is 0 Å². The van der Waals surface area contributed by atoms with Gasteiger partial charge in [-0.25, -0.2) is 0 Å². The fraction of sp³-hybridized carbons (Fsp3) is 0.611. The highest BCUT2D eigenvalue weighted by atomic mass is 16.4. The molecule has 1 aromatic rings. The highest BCUT2D eigenvalue weighted by Gasteiger charge is 2.30. The van der Waals surface area contributed by atoms with E-state index >= 15 is 0 Å². The quantitative estimate of drug-likeness (QED) is 0.841. The number of rotatable bonds is 6. The average Bonchev–Trinajstić information content (AvgIpc) is 3.33. The van der Waals surface area contributed by atoms with E-state index in [4.69, 9.17) is 0 Å². The normalized spacial score (nSPS) is 25.7. The molecule has 0 aliphatic heterocycles. The Morgan fingerprint density at radius 1 is 1.10 bits per heavy atom. The van der Waals surface area contributed by atoms with E-state index < -0.39 is 5.97 Å². The second-order valence-electron chi connectivity index (χ2n) is 6.64. The molecule has 2 fully saturated rings. The highest BCUT2D eigenvalue weighted by molar-refractivity contribution is 5.70. The summed E-state index contributed by atoms with van der Waals surface area (Å²) < 4.78 is 0. The van der Waals surface area contributed by atoms with Gasteiger partial charge in [-0.05, 0) is 55.2 Å². The van der Waals surface area contributed by atoms with E-state index in [9.17, 15) is 9.90 Å². The fourth-order valence-electron chi connectivity index (χ4n) is 3.50. The minimum Gasteiger partial charge on any atom is -0.481 e. The van der Waals surface area contributed by atoms with Gasteiger partial charge in [-0.1, -0.05) is 37.1 Å². The van der Waals surface area contributed by atoms with Crippen LogP contribution in [0, 0.1) is 11.8 Å². The number of hydrogen-bond donors (Lipinski definition) is 2. The molecule has 3 heteroatoms. The van der Waals surface area contributed by atoms with Gasteiger partial charge >= 0.3 is 5.97 Å². The molecule has 21 heavy (non-hydrogen) atoms. The number of carboxylic acids is 1. The lowest BCUT2D eigenvalue weighted by Crippen LogP contribution is -2.34. The van der Waals surface area contributed by atoms with Crippen molar-refractivity contribution in [1.29, 1.82) is 0 Å². The SMILES string of the molecule is O=C(O)C1CCCCC1CNCc1ccc(C2CC2)cc1. The molecule has 3 nitrogen and oxygen atoms in total. The van der Waals surface area contributed by atoms with E-state index in [1.165, 1.54) is 30.4 Å². The third kappa shape index (κ3) is 3.85. The van der Waals surface area contributed by atoms with Crippen LogP contribution in [0.15, 0.2) is 24.3 Å². The topological polar surface area (TPSA) is 49.3 Å². The summed E-state index contributed by atoms with van der Waals surface area (Å²) in [5.74, 6) is 0.339. The molecular formula is C18H25NO2. The van der Waals surface area contributed by atoms with Crippen LogP contribution in [0.2, 0.25) is 0 Å². The van der Waals surface area contributed by atoms with Crippen LogP contribution in [0.25, 0.3) is 0 Å². The van der Waals surface area contributed by atoms with Crippen molar-refractivity contribution in [2.24, 2.45) is 11.8 Å². The zero-order valence-corrected chi connectivity index (χ0v) is 12.6.